The molecule has 0 spiro atoms. The zero-order valence-corrected chi connectivity index (χ0v) is 18.0. The molecule has 0 aliphatic heterocycles. The second-order valence-corrected chi connectivity index (χ2v) is 7.07. The van der Waals surface area contributed by atoms with Crippen molar-refractivity contribution in [2.45, 2.75) is 12.1 Å². The molecule has 1 heterocycles. The van der Waals surface area contributed by atoms with E-state index in [-0.39, 0.29) is 35.1 Å². The van der Waals surface area contributed by atoms with Gasteiger partial charge in [-0.15, -0.1) is 0 Å². The maximum absolute atomic E-state index is 12.2. The zero-order valence-electron chi connectivity index (χ0n) is 17.2. The molecule has 0 atom stereocenters. The van der Waals surface area contributed by atoms with Gasteiger partial charge in [0.1, 0.15) is 11.6 Å². The van der Waals surface area contributed by atoms with Gasteiger partial charge < -0.3 is 14.5 Å². The summed E-state index contributed by atoms with van der Waals surface area (Å²) in [6.07, 6.45) is 1.72. The van der Waals surface area contributed by atoms with E-state index in [4.69, 9.17) is 9.47 Å². The van der Waals surface area contributed by atoms with Crippen LogP contribution in [0.25, 0.3) is 11.3 Å². The predicted octanol–water partition coefficient (Wildman–Crippen LogP) is 4.04. The Morgan fingerprint density at radius 2 is 1.85 bits per heavy atom. The normalized spacial score (nSPS) is 10.3. The van der Waals surface area contributed by atoms with Crippen molar-refractivity contribution in [3.8, 4) is 34.6 Å². The maximum atomic E-state index is 12.2. The standard InChI is InChI=1S/C20H15N5O7S/c1-3-31-17-8-11(18-13(10-21)19(26)23-20(22-18)33-2)4-6-16(17)32-15-7-5-12(24(27)28)9-14(15)25(29)30/h4-9H,3H2,1-2H3,(H,22,23,26). The summed E-state index contributed by atoms with van der Waals surface area (Å²) in [4.78, 5) is 39.8. The van der Waals surface area contributed by atoms with Gasteiger partial charge in [-0.05, 0) is 37.4 Å². The summed E-state index contributed by atoms with van der Waals surface area (Å²) in [7, 11) is 0. The zero-order chi connectivity index (χ0) is 24.1. The molecule has 1 N–H and O–H groups in total. The number of nitro groups is 2. The molecule has 2 aromatic carbocycles. The highest BCUT2D eigenvalue weighted by Crippen LogP contribution is 2.40. The summed E-state index contributed by atoms with van der Waals surface area (Å²) in [6.45, 7) is 1.93. The number of ether oxygens (including phenoxy) is 2. The number of non-ortho nitro benzene ring substituents is 1. The molecule has 0 aliphatic carbocycles. The monoisotopic (exact) mass is 469 g/mol. The number of thioether (sulfide) groups is 1. The molecule has 0 saturated heterocycles. The molecule has 12 nitrogen and oxygen atoms in total. The van der Waals surface area contributed by atoms with Crippen LogP contribution in [0.2, 0.25) is 0 Å². The fraction of sp³-hybridized carbons (Fsp3) is 0.150. The van der Waals surface area contributed by atoms with Crippen molar-refractivity contribution in [2.24, 2.45) is 0 Å². The van der Waals surface area contributed by atoms with Crippen LogP contribution in [-0.2, 0) is 0 Å². The molecule has 3 aromatic rings. The molecule has 1 aromatic heterocycles. The molecule has 0 bridgehead atoms. The number of rotatable bonds is 8. The minimum Gasteiger partial charge on any atom is -0.490 e. The fourth-order valence-electron chi connectivity index (χ4n) is 2.84. The third kappa shape index (κ3) is 4.91. The van der Waals surface area contributed by atoms with Gasteiger partial charge in [0.2, 0.25) is 5.75 Å². The Balaban J connectivity index is 2.10. The van der Waals surface area contributed by atoms with E-state index in [1.807, 2.05) is 6.07 Å². The summed E-state index contributed by atoms with van der Waals surface area (Å²) >= 11 is 1.19. The van der Waals surface area contributed by atoms with Crippen molar-refractivity contribution in [1.82, 2.24) is 9.97 Å². The number of nitro benzene ring substituents is 2. The predicted molar refractivity (Wildman–Crippen MR) is 118 cm³/mol. The van der Waals surface area contributed by atoms with Crippen LogP contribution < -0.4 is 15.0 Å². The number of H-pyrrole nitrogens is 1. The highest BCUT2D eigenvalue weighted by Gasteiger charge is 2.23. The molecular formula is C20H15N5O7S. The molecule has 0 aliphatic rings. The van der Waals surface area contributed by atoms with Gasteiger partial charge in [0.05, 0.1) is 28.2 Å². The Labute approximate surface area is 190 Å². The van der Waals surface area contributed by atoms with E-state index in [1.165, 1.54) is 30.0 Å². The topological polar surface area (TPSA) is 174 Å². The summed E-state index contributed by atoms with van der Waals surface area (Å²) < 4.78 is 11.2. The van der Waals surface area contributed by atoms with Gasteiger partial charge >= 0.3 is 5.69 Å². The lowest BCUT2D eigenvalue weighted by molar-refractivity contribution is -0.394. The van der Waals surface area contributed by atoms with Crippen molar-refractivity contribution in [1.29, 1.82) is 5.26 Å². The molecule has 33 heavy (non-hydrogen) atoms. The Hall–Kier alpha value is -4.44. The lowest BCUT2D eigenvalue weighted by Gasteiger charge is -2.14. The Morgan fingerprint density at radius 3 is 2.45 bits per heavy atom. The number of benzene rings is 2. The fourth-order valence-corrected chi connectivity index (χ4v) is 3.21. The van der Waals surface area contributed by atoms with Crippen LogP contribution in [-0.4, -0.2) is 32.7 Å². The lowest BCUT2D eigenvalue weighted by Crippen LogP contribution is -2.14. The number of hydrogen-bond donors (Lipinski definition) is 1. The molecule has 13 heteroatoms. The maximum Gasteiger partial charge on any atom is 0.318 e. The highest BCUT2D eigenvalue weighted by atomic mass is 32.2. The van der Waals surface area contributed by atoms with E-state index in [2.05, 4.69) is 9.97 Å². The van der Waals surface area contributed by atoms with Gasteiger partial charge in [-0.25, -0.2) is 4.98 Å². The Kier molecular flexibility index (Phi) is 6.89. The van der Waals surface area contributed by atoms with Gasteiger partial charge in [0, 0.05) is 11.6 Å². The minimum absolute atomic E-state index is 0.0889. The first-order valence-corrected chi connectivity index (χ1v) is 10.5. The Morgan fingerprint density at radius 1 is 1.12 bits per heavy atom. The van der Waals surface area contributed by atoms with Crippen LogP contribution >= 0.6 is 11.8 Å². The van der Waals surface area contributed by atoms with Crippen molar-refractivity contribution >= 4 is 23.1 Å². The molecule has 0 fully saturated rings. The summed E-state index contributed by atoms with van der Waals surface area (Å²) in [5.74, 6) is 0.0290. The molecule has 0 amide bonds. The molecule has 0 radical (unpaired) electrons. The quantitative estimate of drug-likeness (QED) is 0.219. The number of aromatic amines is 1. The first kappa shape index (κ1) is 23.2. The van der Waals surface area contributed by atoms with E-state index in [0.717, 1.165) is 18.2 Å². The molecule has 168 valence electrons. The van der Waals surface area contributed by atoms with Crippen LogP contribution in [0.5, 0.6) is 17.2 Å². The molecular weight excluding hydrogens is 454 g/mol. The van der Waals surface area contributed by atoms with Crippen molar-refractivity contribution in [3.63, 3.8) is 0 Å². The van der Waals surface area contributed by atoms with Crippen LogP contribution in [0.3, 0.4) is 0 Å². The number of hydrogen-bond acceptors (Lipinski definition) is 10. The third-order valence-electron chi connectivity index (χ3n) is 4.29. The number of nitriles is 1. The highest BCUT2D eigenvalue weighted by molar-refractivity contribution is 7.98. The SMILES string of the molecule is CCOc1cc(-c2nc(SC)[nH]c(=O)c2C#N)ccc1Oc1ccc([N+](=O)[O-])cc1[N+](=O)[O-]. The summed E-state index contributed by atoms with van der Waals surface area (Å²) in [6, 6.07) is 9.28. The van der Waals surface area contributed by atoms with Crippen molar-refractivity contribution < 1.29 is 19.3 Å². The average Bonchev–Trinajstić information content (AvgIpc) is 2.79. The first-order chi connectivity index (χ1) is 15.8. The van der Waals surface area contributed by atoms with Crippen LogP contribution in [0.15, 0.2) is 46.3 Å². The van der Waals surface area contributed by atoms with Gasteiger partial charge in [-0.3, -0.25) is 25.0 Å². The number of nitrogens with zero attached hydrogens (tertiary/aromatic N) is 4. The van der Waals surface area contributed by atoms with Gasteiger partial charge in [0.15, 0.2) is 16.7 Å². The lowest BCUT2D eigenvalue weighted by atomic mass is 10.1. The van der Waals surface area contributed by atoms with Crippen LogP contribution in [0, 0.1) is 31.6 Å². The van der Waals surface area contributed by atoms with E-state index >= 15 is 0 Å². The number of aromatic nitrogens is 2. The number of nitrogens with one attached hydrogen (secondary N) is 1. The van der Waals surface area contributed by atoms with Gasteiger partial charge in [-0.2, -0.15) is 5.26 Å². The average molecular weight is 469 g/mol. The van der Waals surface area contributed by atoms with Gasteiger partial charge in [0.25, 0.3) is 11.2 Å². The van der Waals surface area contributed by atoms with E-state index < -0.39 is 26.8 Å². The smallest absolute Gasteiger partial charge is 0.318 e. The second kappa shape index (κ2) is 9.79. The molecule has 0 saturated carbocycles. The first-order valence-electron chi connectivity index (χ1n) is 9.25. The van der Waals surface area contributed by atoms with E-state index in [0.29, 0.717) is 10.7 Å². The van der Waals surface area contributed by atoms with Crippen molar-refractivity contribution in [3.05, 3.63) is 72.5 Å². The van der Waals surface area contributed by atoms with Crippen LogP contribution in [0.4, 0.5) is 11.4 Å². The molecule has 0 unspecified atom stereocenters. The van der Waals surface area contributed by atoms with Gasteiger partial charge in [-0.1, -0.05) is 11.8 Å². The summed E-state index contributed by atoms with van der Waals surface area (Å²) in [5, 5.41) is 32.1. The van der Waals surface area contributed by atoms with Crippen LogP contribution in [0.1, 0.15) is 12.5 Å². The Bertz CT molecular complexity index is 1350. The summed E-state index contributed by atoms with van der Waals surface area (Å²) in [5.41, 5.74) is -1.30. The van der Waals surface area contributed by atoms with Crippen molar-refractivity contribution in [2.75, 3.05) is 12.9 Å². The second-order valence-electron chi connectivity index (χ2n) is 6.27. The largest absolute Gasteiger partial charge is 0.490 e. The van der Waals surface area contributed by atoms with E-state index in [9.17, 15) is 30.3 Å². The van der Waals surface area contributed by atoms with E-state index in [1.54, 1.807) is 13.2 Å². The minimum atomic E-state index is -0.791. The molecule has 3 rings (SSSR count). The third-order valence-corrected chi connectivity index (χ3v) is 4.87.